The minimum Gasteiger partial charge on any atom is -0.372 e. The first-order valence-corrected chi connectivity index (χ1v) is 9.01. The molecule has 0 atom stereocenters. The van der Waals surface area contributed by atoms with E-state index in [0.29, 0.717) is 6.04 Å². The van der Waals surface area contributed by atoms with Gasteiger partial charge in [0.05, 0.1) is 0 Å². The summed E-state index contributed by atoms with van der Waals surface area (Å²) in [7, 11) is 2.00. The fraction of sp³-hybridized carbons (Fsp3) is 0.632. The lowest BCUT2D eigenvalue weighted by atomic mass is 10.0. The van der Waals surface area contributed by atoms with Crippen molar-refractivity contribution in [1.82, 2.24) is 10.2 Å². The lowest BCUT2D eigenvalue weighted by molar-refractivity contribution is 0.0707. The molecule has 1 aromatic rings. The first kappa shape index (κ1) is 17.8. The number of benzene rings is 1. The largest absolute Gasteiger partial charge is 0.372 e. The summed E-state index contributed by atoms with van der Waals surface area (Å²) in [6.45, 7) is 8.18. The van der Waals surface area contributed by atoms with Crippen LogP contribution in [0.1, 0.15) is 49.9 Å². The van der Waals surface area contributed by atoms with Crippen LogP contribution in [0.2, 0.25) is 0 Å². The van der Waals surface area contributed by atoms with Gasteiger partial charge in [0.25, 0.3) is 5.91 Å². The second-order valence-electron chi connectivity index (χ2n) is 6.34. The van der Waals surface area contributed by atoms with E-state index in [1.54, 1.807) is 0 Å². The summed E-state index contributed by atoms with van der Waals surface area (Å²) >= 11 is 0. The Morgan fingerprint density at radius 3 is 2.39 bits per heavy atom. The Bertz CT molecular complexity index is 478. The number of carbonyl (C=O) groups is 1. The molecule has 0 saturated carbocycles. The van der Waals surface area contributed by atoms with Crippen LogP contribution in [0.3, 0.4) is 0 Å². The Hall–Kier alpha value is -1.55. The van der Waals surface area contributed by atoms with Gasteiger partial charge in [0, 0.05) is 43.5 Å². The van der Waals surface area contributed by atoms with E-state index in [4.69, 9.17) is 0 Å². The van der Waals surface area contributed by atoms with Crippen LogP contribution in [0.4, 0.5) is 5.69 Å². The summed E-state index contributed by atoms with van der Waals surface area (Å²) < 4.78 is 0. The number of likely N-dealkylation sites (tertiary alicyclic amines) is 1. The lowest BCUT2D eigenvalue weighted by Gasteiger charge is -2.32. The Kier molecular flexibility index (Phi) is 6.90. The monoisotopic (exact) mass is 317 g/mol. The minimum atomic E-state index is 0.169. The molecule has 1 saturated heterocycles. The molecule has 4 heteroatoms. The van der Waals surface area contributed by atoms with Gasteiger partial charge in [0.15, 0.2) is 0 Å². The predicted molar refractivity (Wildman–Crippen MR) is 97.2 cm³/mol. The van der Waals surface area contributed by atoms with Crippen LogP contribution in [0.5, 0.6) is 0 Å². The molecule has 23 heavy (non-hydrogen) atoms. The number of nitrogens with zero attached hydrogens (tertiary/aromatic N) is 2. The lowest BCUT2D eigenvalue weighted by Crippen LogP contribution is -2.43. The highest BCUT2D eigenvalue weighted by Crippen LogP contribution is 2.18. The van der Waals surface area contributed by atoms with Gasteiger partial charge in [-0.2, -0.15) is 0 Å². The van der Waals surface area contributed by atoms with Crippen molar-refractivity contribution in [1.29, 1.82) is 0 Å². The second kappa shape index (κ2) is 8.92. The summed E-state index contributed by atoms with van der Waals surface area (Å²) in [5.74, 6) is 0.169. The molecule has 0 bridgehead atoms. The highest BCUT2D eigenvalue weighted by atomic mass is 16.2. The topological polar surface area (TPSA) is 35.6 Å². The van der Waals surface area contributed by atoms with Gasteiger partial charge in [-0.3, -0.25) is 4.79 Å². The van der Waals surface area contributed by atoms with E-state index in [-0.39, 0.29) is 5.91 Å². The molecule has 0 aliphatic carbocycles. The molecule has 1 amide bonds. The van der Waals surface area contributed by atoms with Gasteiger partial charge in [-0.25, -0.2) is 0 Å². The number of nitrogens with one attached hydrogen (secondary N) is 1. The number of rotatable bonds is 7. The van der Waals surface area contributed by atoms with E-state index >= 15 is 0 Å². The molecule has 1 heterocycles. The van der Waals surface area contributed by atoms with Crippen molar-refractivity contribution >= 4 is 11.6 Å². The van der Waals surface area contributed by atoms with Crippen LogP contribution < -0.4 is 10.2 Å². The van der Waals surface area contributed by atoms with Crippen LogP contribution in [-0.4, -0.2) is 50.1 Å². The molecule has 1 aliphatic heterocycles. The van der Waals surface area contributed by atoms with E-state index < -0.39 is 0 Å². The molecule has 4 nitrogen and oxygen atoms in total. The Labute approximate surface area is 140 Å². The summed E-state index contributed by atoms with van der Waals surface area (Å²) in [6.07, 6.45) is 4.49. The van der Waals surface area contributed by atoms with E-state index in [0.717, 1.165) is 44.6 Å². The number of unbranched alkanes of at least 4 members (excludes halogenated alkanes) is 1. The minimum absolute atomic E-state index is 0.169. The smallest absolute Gasteiger partial charge is 0.253 e. The van der Waals surface area contributed by atoms with Gasteiger partial charge in [-0.1, -0.05) is 13.3 Å². The Morgan fingerprint density at radius 1 is 1.22 bits per heavy atom. The average molecular weight is 317 g/mol. The molecular formula is C19H31N3O. The summed E-state index contributed by atoms with van der Waals surface area (Å²) in [6, 6.07) is 8.70. The van der Waals surface area contributed by atoms with Crippen molar-refractivity contribution in [3.05, 3.63) is 29.8 Å². The number of anilines is 1. The average Bonchev–Trinajstić information content (AvgIpc) is 2.62. The molecule has 0 spiro atoms. The van der Waals surface area contributed by atoms with Crippen molar-refractivity contribution in [2.75, 3.05) is 38.1 Å². The normalized spacial score (nSPS) is 15.7. The Morgan fingerprint density at radius 2 is 1.87 bits per heavy atom. The maximum Gasteiger partial charge on any atom is 0.253 e. The maximum absolute atomic E-state index is 12.6. The molecule has 0 aromatic heterocycles. The number of carbonyl (C=O) groups excluding carboxylic acids is 1. The zero-order chi connectivity index (χ0) is 16.7. The highest BCUT2D eigenvalue weighted by Gasteiger charge is 2.22. The van der Waals surface area contributed by atoms with Crippen LogP contribution >= 0.6 is 0 Å². The van der Waals surface area contributed by atoms with E-state index in [2.05, 4.69) is 36.2 Å². The zero-order valence-corrected chi connectivity index (χ0v) is 14.8. The van der Waals surface area contributed by atoms with Crippen LogP contribution in [0, 0.1) is 0 Å². The van der Waals surface area contributed by atoms with Gasteiger partial charge >= 0.3 is 0 Å². The molecule has 1 aliphatic rings. The first-order chi connectivity index (χ1) is 11.2. The van der Waals surface area contributed by atoms with Crippen molar-refractivity contribution in [3.63, 3.8) is 0 Å². The van der Waals surface area contributed by atoms with Crippen molar-refractivity contribution in [3.8, 4) is 0 Å². The quantitative estimate of drug-likeness (QED) is 0.839. The summed E-state index contributed by atoms with van der Waals surface area (Å²) in [5.41, 5.74) is 2.02. The van der Waals surface area contributed by atoms with E-state index in [9.17, 15) is 4.79 Å². The Balaban J connectivity index is 1.97. The molecule has 1 fully saturated rings. The second-order valence-corrected chi connectivity index (χ2v) is 6.34. The van der Waals surface area contributed by atoms with E-state index in [1.165, 1.54) is 18.5 Å². The van der Waals surface area contributed by atoms with Crippen LogP contribution in [-0.2, 0) is 0 Å². The van der Waals surface area contributed by atoms with Crippen molar-refractivity contribution < 1.29 is 4.79 Å². The number of piperidine rings is 1. The third-order valence-electron chi connectivity index (χ3n) is 4.83. The maximum atomic E-state index is 12.6. The fourth-order valence-electron chi connectivity index (χ4n) is 3.19. The molecule has 2 rings (SSSR count). The SMILES string of the molecule is CCCCN(CC)c1ccc(C(=O)N2CCC(NC)CC2)cc1. The first-order valence-electron chi connectivity index (χ1n) is 9.01. The van der Waals surface area contributed by atoms with Crippen molar-refractivity contribution in [2.45, 2.75) is 45.6 Å². The fourth-order valence-corrected chi connectivity index (χ4v) is 3.19. The molecule has 128 valence electrons. The summed E-state index contributed by atoms with van der Waals surface area (Å²) in [5, 5.41) is 3.30. The van der Waals surface area contributed by atoms with Gasteiger partial charge < -0.3 is 15.1 Å². The van der Waals surface area contributed by atoms with Gasteiger partial charge in [-0.05, 0) is 57.5 Å². The number of hydrogen-bond acceptors (Lipinski definition) is 3. The standard InChI is InChI=1S/C19H31N3O/c1-4-6-13-21(5-2)18-9-7-16(8-10-18)19(23)22-14-11-17(20-3)12-15-22/h7-10,17,20H,4-6,11-15H2,1-3H3. The van der Waals surface area contributed by atoms with Gasteiger partial charge in [0.1, 0.15) is 0 Å². The van der Waals surface area contributed by atoms with Crippen LogP contribution in [0.25, 0.3) is 0 Å². The molecule has 1 N–H and O–H groups in total. The third kappa shape index (κ3) is 4.71. The molecule has 0 unspecified atom stereocenters. The number of hydrogen-bond donors (Lipinski definition) is 1. The van der Waals surface area contributed by atoms with Gasteiger partial charge in [0.2, 0.25) is 0 Å². The third-order valence-corrected chi connectivity index (χ3v) is 4.83. The molecule has 0 radical (unpaired) electrons. The van der Waals surface area contributed by atoms with E-state index in [1.807, 2.05) is 24.1 Å². The highest BCUT2D eigenvalue weighted by molar-refractivity contribution is 5.94. The zero-order valence-electron chi connectivity index (χ0n) is 14.8. The van der Waals surface area contributed by atoms with Crippen LogP contribution in [0.15, 0.2) is 24.3 Å². The number of amides is 1. The van der Waals surface area contributed by atoms with Gasteiger partial charge in [-0.15, -0.1) is 0 Å². The van der Waals surface area contributed by atoms with Crippen molar-refractivity contribution in [2.24, 2.45) is 0 Å². The molecule has 1 aromatic carbocycles. The molecular weight excluding hydrogens is 286 g/mol. The summed E-state index contributed by atoms with van der Waals surface area (Å²) in [4.78, 5) is 17.0. The predicted octanol–water partition coefficient (Wildman–Crippen LogP) is 3.14.